The van der Waals surface area contributed by atoms with Crippen LogP contribution in [0.3, 0.4) is 0 Å². The van der Waals surface area contributed by atoms with E-state index in [0.717, 1.165) is 38.0 Å². The molecule has 116 valence electrons. The first-order chi connectivity index (χ1) is 9.85. The third kappa shape index (κ3) is 4.58. The molecule has 0 unspecified atom stereocenters. The molecule has 1 aliphatic heterocycles. The second kappa shape index (κ2) is 6.28. The number of nitrogens with one attached hydrogen (secondary N) is 1. The third-order valence-electron chi connectivity index (χ3n) is 3.82. The summed E-state index contributed by atoms with van der Waals surface area (Å²) in [7, 11) is 0. The summed E-state index contributed by atoms with van der Waals surface area (Å²) in [4.78, 5) is 16.8. The molecular weight excluding hydrogens is 273 g/mol. The van der Waals surface area contributed by atoms with Crippen LogP contribution < -0.4 is 10.2 Å². The Labute approximate surface area is 124 Å². The van der Waals surface area contributed by atoms with Crippen LogP contribution in [0.2, 0.25) is 0 Å². The summed E-state index contributed by atoms with van der Waals surface area (Å²) in [5.74, 6) is 0.0476. The molecule has 2 N–H and O–H groups in total. The van der Waals surface area contributed by atoms with Crippen molar-refractivity contribution in [2.75, 3.05) is 18.0 Å². The third-order valence-corrected chi connectivity index (χ3v) is 3.82. The molecule has 1 amide bonds. The van der Waals surface area contributed by atoms with E-state index in [1.807, 2.05) is 13.8 Å². The molecule has 1 aromatic heterocycles. The Morgan fingerprint density at radius 2 is 2.33 bits per heavy atom. The van der Waals surface area contributed by atoms with E-state index in [1.54, 1.807) is 6.20 Å². The fraction of sp³-hybridized carbons (Fsp3) is 0.600. The van der Waals surface area contributed by atoms with Crippen molar-refractivity contribution in [3.05, 3.63) is 24.3 Å². The predicted molar refractivity (Wildman–Crippen MR) is 79.0 cm³/mol. The van der Waals surface area contributed by atoms with Crippen LogP contribution in [0.15, 0.2) is 18.5 Å². The molecule has 0 bridgehead atoms. The van der Waals surface area contributed by atoms with Crippen LogP contribution in [0, 0.1) is 11.7 Å². The van der Waals surface area contributed by atoms with E-state index < -0.39 is 11.6 Å². The number of halogens is 1. The Hall–Kier alpha value is -1.85. The Morgan fingerprint density at radius 1 is 1.57 bits per heavy atom. The number of piperidine rings is 1. The van der Waals surface area contributed by atoms with E-state index in [-0.39, 0.29) is 5.82 Å². The van der Waals surface area contributed by atoms with Crippen LogP contribution in [0.25, 0.3) is 0 Å². The molecule has 5 nitrogen and oxygen atoms in total. The Morgan fingerprint density at radius 3 is 3.00 bits per heavy atom. The minimum Gasteiger partial charge on any atom is -0.465 e. The standard InChI is InChI=1S/C15H22FN3O2/c1-15(2,18-14(20)21)7-11-4-3-5-19(10-11)13-6-12(16)8-17-9-13/h6,8-9,11,18H,3-5,7,10H2,1-2H3,(H,20,21)/t11-/m0/s1. The number of hydrogen-bond acceptors (Lipinski definition) is 3. The number of amides is 1. The van der Waals surface area contributed by atoms with Crippen molar-refractivity contribution in [1.29, 1.82) is 0 Å². The fourth-order valence-corrected chi connectivity index (χ4v) is 3.10. The van der Waals surface area contributed by atoms with Gasteiger partial charge in [-0.3, -0.25) is 4.98 Å². The highest BCUT2D eigenvalue weighted by Gasteiger charge is 2.28. The number of rotatable bonds is 4. The number of carbonyl (C=O) groups is 1. The average Bonchev–Trinajstić information content (AvgIpc) is 2.36. The van der Waals surface area contributed by atoms with Gasteiger partial charge in [-0.1, -0.05) is 0 Å². The van der Waals surface area contributed by atoms with Gasteiger partial charge >= 0.3 is 6.09 Å². The summed E-state index contributed by atoms with van der Waals surface area (Å²) < 4.78 is 13.3. The highest BCUT2D eigenvalue weighted by molar-refractivity contribution is 5.65. The normalized spacial score (nSPS) is 19.4. The van der Waals surface area contributed by atoms with Gasteiger partial charge in [0.05, 0.1) is 18.1 Å². The van der Waals surface area contributed by atoms with Gasteiger partial charge in [-0.2, -0.15) is 0 Å². The molecule has 2 heterocycles. The maximum Gasteiger partial charge on any atom is 0.405 e. The second-order valence-corrected chi connectivity index (χ2v) is 6.33. The molecule has 6 heteroatoms. The molecule has 1 saturated heterocycles. The minimum absolute atomic E-state index is 0.331. The van der Waals surface area contributed by atoms with Crippen LogP contribution in [0.5, 0.6) is 0 Å². The van der Waals surface area contributed by atoms with Crippen LogP contribution in [0.1, 0.15) is 33.1 Å². The molecule has 21 heavy (non-hydrogen) atoms. The van der Waals surface area contributed by atoms with Crippen LogP contribution >= 0.6 is 0 Å². The Balaban J connectivity index is 1.99. The molecule has 0 radical (unpaired) electrons. The van der Waals surface area contributed by atoms with Gasteiger partial charge in [0.25, 0.3) is 0 Å². The number of nitrogens with zero attached hydrogens (tertiary/aromatic N) is 2. The SMILES string of the molecule is CC(C)(C[C@@H]1CCCN(c2cncc(F)c2)C1)NC(=O)O. The first-order valence-electron chi connectivity index (χ1n) is 7.22. The topological polar surface area (TPSA) is 65.5 Å². The summed E-state index contributed by atoms with van der Waals surface area (Å²) in [5.41, 5.74) is 0.336. The van der Waals surface area contributed by atoms with Gasteiger partial charge in [0.1, 0.15) is 5.82 Å². The summed E-state index contributed by atoms with van der Waals surface area (Å²) in [6.07, 6.45) is 4.71. The van der Waals surface area contributed by atoms with E-state index in [2.05, 4.69) is 15.2 Å². The number of carboxylic acid groups (broad SMARTS) is 1. The Kier molecular flexibility index (Phi) is 4.65. The lowest BCUT2D eigenvalue weighted by Crippen LogP contribution is -2.46. The van der Waals surface area contributed by atoms with E-state index in [4.69, 9.17) is 5.11 Å². The quantitative estimate of drug-likeness (QED) is 0.896. The molecule has 1 fully saturated rings. The number of hydrogen-bond donors (Lipinski definition) is 2. The number of pyridine rings is 1. The molecule has 2 rings (SSSR count). The van der Waals surface area contributed by atoms with Crippen molar-refractivity contribution >= 4 is 11.8 Å². The molecule has 0 aromatic carbocycles. The zero-order chi connectivity index (χ0) is 15.5. The molecule has 1 aliphatic rings. The lowest BCUT2D eigenvalue weighted by Gasteiger charge is -2.38. The van der Waals surface area contributed by atoms with Gasteiger partial charge in [-0.15, -0.1) is 0 Å². The van der Waals surface area contributed by atoms with Gasteiger partial charge in [0, 0.05) is 24.7 Å². The van der Waals surface area contributed by atoms with E-state index >= 15 is 0 Å². The highest BCUT2D eigenvalue weighted by Crippen LogP contribution is 2.28. The van der Waals surface area contributed by atoms with Crippen molar-refractivity contribution in [1.82, 2.24) is 10.3 Å². The highest BCUT2D eigenvalue weighted by atomic mass is 19.1. The molecule has 0 aliphatic carbocycles. The minimum atomic E-state index is -0.998. The maximum absolute atomic E-state index is 13.3. The molecule has 0 spiro atoms. The van der Waals surface area contributed by atoms with Crippen LogP contribution in [-0.4, -0.2) is 34.8 Å². The fourth-order valence-electron chi connectivity index (χ4n) is 3.10. The van der Waals surface area contributed by atoms with Gasteiger partial charge in [0.15, 0.2) is 0 Å². The monoisotopic (exact) mass is 295 g/mol. The zero-order valence-electron chi connectivity index (χ0n) is 12.5. The van der Waals surface area contributed by atoms with Crippen LogP contribution in [-0.2, 0) is 0 Å². The summed E-state index contributed by atoms with van der Waals surface area (Å²) in [5, 5.41) is 11.4. The summed E-state index contributed by atoms with van der Waals surface area (Å²) >= 11 is 0. The van der Waals surface area contributed by atoms with Crippen LogP contribution in [0.4, 0.5) is 14.9 Å². The average molecular weight is 295 g/mol. The van der Waals surface area contributed by atoms with Crippen molar-refractivity contribution in [2.45, 2.75) is 38.6 Å². The van der Waals surface area contributed by atoms with Gasteiger partial charge < -0.3 is 15.3 Å². The second-order valence-electron chi connectivity index (χ2n) is 6.33. The van der Waals surface area contributed by atoms with Gasteiger partial charge in [-0.05, 0) is 39.0 Å². The summed E-state index contributed by atoms with van der Waals surface area (Å²) in [6, 6.07) is 1.50. The maximum atomic E-state index is 13.3. The van der Waals surface area contributed by atoms with Crippen molar-refractivity contribution in [3.63, 3.8) is 0 Å². The number of aromatic nitrogens is 1. The van der Waals surface area contributed by atoms with Crippen molar-refractivity contribution in [2.24, 2.45) is 5.92 Å². The lowest BCUT2D eigenvalue weighted by molar-refractivity contribution is 0.174. The first kappa shape index (κ1) is 15.5. The summed E-state index contributed by atoms with van der Waals surface area (Å²) in [6.45, 7) is 5.47. The lowest BCUT2D eigenvalue weighted by atomic mass is 9.85. The van der Waals surface area contributed by atoms with E-state index in [9.17, 15) is 9.18 Å². The zero-order valence-corrected chi connectivity index (χ0v) is 12.5. The van der Waals surface area contributed by atoms with Crippen molar-refractivity contribution in [3.8, 4) is 0 Å². The molecule has 0 saturated carbocycles. The first-order valence-corrected chi connectivity index (χ1v) is 7.22. The van der Waals surface area contributed by atoms with E-state index in [1.165, 1.54) is 12.3 Å². The largest absolute Gasteiger partial charge is 0.465 e. The van der Waals surface area contributed by atoms with Crippen molar-refractivity contribution < 1.29 is 14.3 Å². The van der Waals surface area contributed by atoms with Gasteiger partial charge in [-0.25, -0.2) is 9.18 Å². The van der Waals surface area contributed by atoms with Gasteiger partial charge in [0.2, 0.25) is 0 Å². The van der Waals surface area contributed by atoms with E-state index in [0.29, 0.717) is 5.92 Å². The molecular formula is C15H22FN3O2. The number of anilines is 1. The Bertz CT molecular complexity index is 507. The molecule has 1 aromatic rings. The predicted octanol–water partition coefficient (Wildman–Crippen LogP) is 2.87. The molecule has 1 atom stereocenters. The smallest absolute Gasteiger partial charge is 0.405 e.